The number of ketones is 1. The quantitative estimate of drug-likeness (QED) is 0.558. The van der Waals surface area contributed by atoms with Crippen molar-refractivity contribution in [2.75, 3.05) is 19.8 Å². The fourth-order valence-corrected chi connectivity index (χ4v) is 5.10. The topological polar surface area (TPSA) is 94.1 Å². The summed E-state index contributed by atoms with van der Waals surface area (Å²) in [6.45, 7) is 4.89. The van der Waals surface area contributed by atoms with Crippen molar-refractivity contribution in [3.63, 3.8) is 0 Å². The minimum atomic E-state index is -0.604. The normalized spacial score (nSPS) is 23.2. The van der Waals surface area contributed by atoms with Crippen LogP contribution in [0.15, 0.2) is 39.1 Å². The Morgan fingerprint density at radius 1 is 1.31 bits per heavy atom. The molecule has 3 aliphatic rings. The Hall–Kier alpha value is -2.32. The Balaban J connectivity index is 1.76. The van der Waals surface area contributed by atoms with Crippen molar-refractivity contribution >= 4 is 27.7 Å². The van der Waals surface area contributed by atoms with Crippen LogP contribution in [0.1, 0.15) is 57.4 Å². The number of hydrogen-bond acceptors (Lipinski definition) is 7. The fraction of sp³-hybridized carbons (Fsp3) is 0.500. The zero-order valence-electron chi connectivity index (χ0n) is 18.3. The maximum Gasteiger partial charge on any atom is 0.336 e. The molecule has 8 heteroatoms. The molecule has 0 bridgehead atoms. The molecule has 2 heterocycles. The molecule has 0 spiro atoms. The third kappa shape index (κ3) is 4.43. The van der Waals surface area contributed by atoms with Gasteiger partial charge >= 0.3 is 5.97 Å². The van der Waals surface area contributed by atoms with Crippen molar-refractivity contribution in [3.05, 3.63) is 44.7 Å². The van der Waals surface area contributed by atoms with E-state index in [1.807, 2.05) is 13.8 Å². The molecule has 0 unspecified atom stereocenters. The number of dihydropyridines is 1. The van der Waals surface area contributed by atoms with Gasteiger partial charge in [0.05, 0.1) is 22.8 Å². The van der Waals surface area contributed by atoms with Crippen LogP contribution >= 0.6 is 15.9 Å². The minimum Gasteiger partial charge on any atom is -0.503 e. The molecule has 0 amide bonds. The zero-order chi connectivity index (χ0) is 22.8. The molecular weight excluding hydrogens is 478 g/mol. The number of phenols is 1. The van der Waals surface area contributed by atoms with Crippen LogP contribution in [0.3, 0.4) is 0 Å². The van der Waals surface area contributed by atoms with Gasteiger partial charge in [-0.1, -0.05) is 0 Å². The number of nitrogens with one attached hydrogen (secondary N) is 1. The number of carbonyl (C=O) groups excluding carboxylic acids is 2. The number of hydrogen-bond donors (Lipinski definition) is 2. The molecular formula is C24H28BrNO6. The lowest BCUT2D eigenvalue weighted by molar-refractivity contribution is -0.142. The van der Waals surface area contributed by atoms with Crippen LogP contribution in [0.5, 0.6) is 11.5 Å². The van der Waals surface area contributed by atoms with Crippen molar-refractivity contribution in [1.82, 2.24) is 5.32 Å². The monoisotopic (exact) mass is 505 g/mol. The maximum atomic E-state index is 13.3. The van der Waals surface area contributed by atoms with Crippen molar-refractivity contribution in [2.24, 2.45) is 0 Å². The van der Waals surface area contributed by atoms with Gasteiger partial charge in [-0.25, -0.2) is 4.79 Å². The molecule has 4 rings (SSSR count). The largest absolute Gasteiger partial charge is 0.503 e. The van der Waals surface area contributed by atoms with Crippen LogP contribution in [0.4, 0.5) is 0 Å². The molecule has 1 aliphatic carbocycles. The summed E-state index contributed by atoms with van der Waals surface area (Å²) in [5.41, 5.74) is 3.19. The van der Waals surface area contributed by atoms with E-state index in [0.717, 1.165) is 31.4 Å². The molecule has 172 valence electrons. The highest BCUT2D eigenvalue weighted by Gasteiger charge is 2.40. The molecule has 2 atom stereocenters. The summed E-state index contributed by atoms with van der Waals surface area (Å²) < 4.78 is 17.3. The van der Waals surface area contributed by atoms with Crippen LogP contribution in [-0.4, -0.2) is 42.8 Å². The second-order valence-electron chi connectivity index (χ2n) is 8.28. The first kappa shape index (κ1) is 22.9. The molecule has 0 radical (unpaired) electrons. The van der Waals surface area contributed by atoms with Crippen LogP contribution in [0.25, 0.3) is 0 Å². The van der Waals surface area contributed by atoms with E-state index in [-0.39, 0.29) is 24.2 Å². The summed E-state index contributed by atoms with van der Waals surface area (Å²) in [5, 5.41) is 13.7. The summed E-state index contributed by atoms with van der Waals surface area (Å²) in [4.78, 5) is 26.3. The standard InChI is InChI=1S/C24H28BrNO6/c1-3-30-19-11-14(10-16(25)23(19)28)21-20(24(29)32-12-15-6-5-9-31-15)13(2)26-17-7-4-8-18(27)22(17)21/h10-11,15,21,26,28H,3-9,12H2,1-2H3/t15-,21-/m1/s1. The van der Waals surface area contributed by atoms with Gasteiger partial charge in [0.25, 0.3) is 0 Å². The van der Waals surface area contributed by atoms with Gasteiger partial charge in [-0.3, -0.25) is 4.79 Å². The molecule has 1 fully saturated rings. The number of ether oxygens (including phenoxy) is 3. The number of rotatable bonds is 6. The van der Waals surface area contributed by atoms with E-state index < -0.39 is 11.9 Å². The van der Waals surface area contributed by atoms with Gasteiger partial charge in [-0.2, -0.15) is 0 Å². The lowest BCUT2D eigenvalue weighted by Gasteiger charge is -2.34. The number of aromatic hydroxyl groups is 1. The number of carbonyl (C=O) groups is 2. The Morgan fingerprint density at radius 3 is 2.84 bits per heavy atom. The molecule has 2 aliphatic heterocycles. The second kappa shape index (κ2) is 9.67. The Morgan fingerprint density at radius 2 is 2.12 bits per heavy atom. The summed E-state index contributed by atoms with van der Waals surface area (Å²) in [7, 11) is 0. The summed E-state index contributed by atoms with van der Waals surface area (Å²) >= 11 is 3.39. The minimum absolute atomic E-state index is 0.0165. The highest BCUT2D eigenvalue weighted by atomic mass is 79.9. The first-order valence-electron chi connectivity index (χ1n) is 11.1. The third-order valence-electron chi connectivity index (χ3n) is 6.10. The third-order valence-corrected chi connectivity index (χ3v) is 6.71. The van der Waals surface area contributed by atoms with E-state index in [1.165, 1.54) is 0 Å². The molecule has 0 saturated carbocycles. The van der Waals surface area contributed by atoms with E-state index in [0.29, 0.717) is 52.3 Å². The van der Waals surface area contributed by atoms with Crippen LogP contribution in [0.2, 0.25) is 0 Å². The zero-order valence-corrected chi connectivity index (χ0v) is 19.9. The first-order valence-corrected chi connectivity index (χ1v) is 11.9. The van der Waals surface area contributed by atoms with Gasteiger partial charge in [0, 0.05) is 35.9 Å². The van der Waals surface area contributed by atoms with Gasteiger partial charge in [0.1, 0.15) is 6.61 Å². The number of halogens is 1. The van der Waals surface area contributed by atoms with Gasteiger partial charge in [-0.05, 0) is 73.2 Å². The predicted octanol–water partition coefficient (Wildman–Crippen LogP) is 4.24. The highest BCUT2D eigenvalue weighted by molar-refractivity contribution is 9.10. The lowest BCUT2D eigenvalue weighted by Crippen LogP contribution is -2.35. The maximum absolute atomic E-state index is 13.3. The summed E-state index contributed by atoms with van der Waals surface area (Å²) in [5.74, 6) is -0.778. The van der Waals surface area contributed by atoms with Gasteiger partial charge in [0.15, 0.2) is 17.3 Å². The van der Waals surface area contributed by atoms with Crippen LogP contribution < -0.4 is 10.1 Å². The van der Waals surface area contributed by atoms with Crippen molar-refractivity contribution in [3.8, 4) is 11.5 Å². The fourth-order valence-electron chi connectivity index (χ4n) is 4.64. The highest BCUT2D eigenvalue weighted by Crippen LogP contribution is 2.46. The SMILES string of the molecule is CCOc1cc([C@@H]2C(C(=O)OC[C@H]3CCCO3)=C(C)NC3=C2C(=O)CCC3)cc(Br)c1O. The van der Waals surface area contributed by atoms with Gasteiger partial charge < -0.3 is 24.6 Å². The molecule has 1 aromatic carbocycles. The van der Waals surface area contributed by atoms with E-state index in [2.05, 4.69) is 21.2 Å². The lowest BCUT2D eigenvalue weighted by atomic mass is 9.75. The molecule has 2 N–H and O–H groups in total. The molecule has 7 nitrogen and oxygen atoms in total. The Labute approximate surface area is 195 Å². The van der Waals surface area contributed by atoms with E-state index >= 15 is 0 Å². The van der Waals surface area contributed by atoms with Crippen LogP contribution in [0, 0.1) is 0 Å². The Bertz CT molecular complexity index is 992. The summed E-state index contributed by atoms with van der Waals surface area (Å²) in [6.07, 6.45) is 3.68. The van der Waals surface area contributed by atoms with E-state index in [1.54, 1.807) is 12.1 Å². The van der Waals surface area contributed by atoms with Crippen molar-refractivity contribution in [2.45, 2.75) is 58.0 Å². The van der Waals surface area contributed by atoms with Crippen molar-refractivity contribution in [1.29, 1.82) is 0 Å². The van der Waals surface area contributed by atoms with E-state index in [9.17, 15) is 14.7 Å². The number of benzene rings is 1. The molecule has 0 aromatic heterocycles. The first-order chi connectivity index (χ1) is 15.4. The predicted molar refractivity (Wildman–Crippen MR) is 121 cm³/mol. The Kier molecular flexibility index (Phi) is 6.90. The van der Waals surface area contributed by atoms with E-state index in [4.69, 9.17) is 14.2 Å². The number of Topliss-reactive ketones (excluding diaryl/α,β-unsaturated/α-hetero) is 1. The molecule has 1 saturated heterocycles. The van der Waals surface area contributed by atoms with Gasteiger partial charge in [0.2, 0.25) is 0 Å². The molecule has 32 heavy (non-hydrogen) atoms. The van der Waals surface area contributed by atoms with Crippen molar-refractivity contribution < 1.29 is 28.9 Å². The summed E-state index contributed by atoms with van der Waals surface area (Å²) in [6, 6.07) is 3.44. The molecule has 1 aromatic rings. The average molecular weight is 506 g/mol. The number of phenolic OH excluding ortho intramolecular Hbond substituents is 1. The second-order valence-corrected chi connectivity index (χ2v) is 9.14. The van der Waals surface area contributed by atoms with Crippen LogP contribution in [-0.2, 0) is 19.1 Å². The smallest absolute Gasteiger partial charge is 0.336 e. The number of esters is 1. The van der Waals surface area contributed by atoms with Gasteiger partial charge in [-0.15, -0.1) is 0 Å². The number of allylic oxidation sites excluding steroid dienone is 3. The average Bonchev–Trinajstić information content (AvgIpc) is 3.28.